The number of hydrogen-bond acceptors (Lipinski definition) is 2. The molecular formula is C18H22N2O. The lowest BCUT2D eigenvalue weighted by Gasteiger charge is -2.36. The zero-order valence-electron chi connectivity index (χ0n) is 12.7. The molecule has 1 aromatic heterocycles. The number of nitrogens with one attached hydrogen (secondary N) is 1. The van der Waals surface area contributed by atoms with Crippen LogP contribution in [0.1, 0.15) is 42.9 Å². The number of H-pyrrole nitrogens is 1. The van der Waals surface area contributed by atoms with Crippen molar-refractivity contribution < 1.29 is 0 Å². The molecule has 0 aliphatic carbocycles. The van der Waals surface area contributed by atoms with Crippen molar-refractivity contribution in [2.24, 2.45) is 0 Å². The predicted octanol–water partition coefficient (Wildman–Crippen LogP) is 3.18. The third kappa shape index (κ3) is 2.03. The fourth-order valence-corrected chi connectivity index (χ4v) is 4.35. The SMILES string of the molecule is Cc1cccc2c(=O)[nH]c(C3CC4CCC(C3)N4C)cc12. The maximum absolute atomic E-state index is 12.4. The van der Waals surface area contributed by atoms with Crippen molar-refractivity contribution in [1.82, 2.24) is 9.88 Å². The highest BCUT2D eigenvalue weighted by Gasteiger charge is 2.39. The Morgan fingerprint density at radius 3 is 2.57 bits per heavy atom. The molecule has 2 bridgehead atoms. The average Bonchev–Trinajstić information content (AvgIpc) is 2.70. The quantitative estimate of drug-likeness (QED) is 0.872. The van der Waals surface area contributed by atoms with E-state index in [1.165, 1.54) is 31.2 Å². The van der Waals surface area contributed by atoms with E-state index in [0.29, 0.717) is 18.0 Å². The Balaban J connectivity index is 1.78. The number of hydrogen-bond donors (Lipinski definition) is 1. The van der Waals surface area contributed by atoms with Gasteiger partial charge in [-0.05, 0) is 62.7 Å². The summed E-state index contributed by atoms with van der Waals surface area (Å²) in [6.07, 6.45) is 4.99. The van der Waals surface area contributed by atoms with Crippen molar-refractivity contribution in [3.8, 4) is 0 Å². The summed E-state index contributed by atoms with van der Waals surface area (Å²) in [4.78, 5) is 18.1. The van der Waals surface area contributed by atoms with Crippen LogP contribution in [0.2, 0.25) is 0 Å². The molecule has 1 aromatic carbocycles. The van der Waals surface area contributed by atoms with Crippen LogP contribution in [0.15, 0.2) is 29.1 Å². The monoisotopic (exact) mass is 282 g/mol. The van der Waals surface area contributed by atoms with E-state index in [2.05, 4.69) is 36.0 Å². The second-order valence-corrected chi connectivity index (χ2v) is 6.81. The molecule has 3 heterocycles. The van der Waals surface area contributed by atoms with E-state index < -0.39 is 0 Å². The molecule has 2 atom stereocenters. The van der Waals surface area contributed by atoms with Crippen molar-refractivity contribution >= 4 is 10.8 Å². The Labute approximate surface area is 125 Å². The standard InChI is InChI=1S/C18H22N2O/c1-11-4-3-5-15-16(11)10-17(19-18(15)21)12-8-13-6-7-14(9-12)20(13)2/h3-5,10,12-14H,6-9H2,1-2H3,(H,19,21). The summed E-state index contributed by atoms with van der Waals surface area (Å²) in [5.41, 5.74) is 2.40. The van der Waals surface area contributed by atoms with Gasteiger partial charge in [0.25, 0.3) is 5.56 Å². The van der Waals surface area contributed by atoms with E-state index in [1.807, 2.05) is 12.1 Å². The molecule has 0 saturated carbocycles. The second-order valence-electron chi connectivity index (χ2n) is 6.81. The zero-order chi connectivity index (χ0) is 14.6. The van der Waals surface area contributed by atoms with E-state index in [0.717, 1.165) is 16.5 Å². The summed E-state index contributed by atoms with van der Waals surface area (Å²) >= 11 is 0. The molecule has 2 aliphatic rings. The highest BCUT2D eigenvalue weighted by atomic mass is 16.1. The molecule has 0 radical (unpaired) electrons. The van der Waals surface area contributed by atoms with Crippen LogP contribution >= 0.6 is 0 Å². The van der Waals surface area contributed by atoms with Crippen LogP contribution in [0, 0.1) is 6.92 Å². The molecule has 2 aromatic rings. The first-order chi connectivity index (χ1) is 10.1. The minimum absolute atomic E-state index is 0.0671. The maximum Gasteiger partial charge on any atom is 0.256 e. The Morgan fingerprint density at radius 2 is 1.86 bits per heavy atom. The van der Waals surface area contributed by atoms with E-state index in [9.17, 15) is 4.79 Å². The molecule has 0 spiro atoms. The third-order valence-corrected chi connectivity index (χ3v) is 5.66. The molecule has 110 valence electrons. The fraction of sp³-hybridized carbons (Fsp3) is 0.500. The molecule has 3 nitrogen and oxygen atoms in total. The van der Waals surface area contributed by atoms with Crippen LogP contribution in [-0.4, -0.2) is 29.0 Å². The van der Waals surface area contributed by atoms with Gasteiger partial charge in [0.05, 0.1) is 0 Å². The van der Waals surface area contributed by atoms with E-state index in [4.69, 9.17) is 0 Å². The first kappa shape index (κ1) is 13.1. The van der Waals surface area contributed by atoms with Crippen LogP contribution in [0.3, 0.4) is 0 Å². The van der Waals surface area contributed by atoms with Crippen LogP contribution in [-0.2, 0) is 0 Å². The van der Waals surface area contributed by atoms with Crippen LogP contribution in [0.25, 0.3) is 10.8 Å². The van der Waals surface area contributed by atoms with Crippen LogP contribution in [0.4, 0.5) is 0 Å². The van der Waals surface area contributed by atoms with Gasteiger partial charge in [-0.3, -0.25) is 4.79 Å². The van der Waals surface area contributed by atoms with E-state index >= 15 is 0 Å². The Bertz CT molecular complexity index is 734. The maximum atomic E-state index is 12.4. The number of aryl methyl sites for hydroxylation is 1. The summed E-state index contributed by atoms with van der Waals surface area (Å²) < 4.78 is 0. The van der Waals surface area contributed by atoms with Gasteiger partial charge < -0.3 is 9.88 Å². The number of pyridine rings is 1. The molecule has 2 unspecified atom stereocenters. The van der Waals surface area contributed by atoms with Crippen molar-refractivity contribution in [2.75, 3.05) is 7.05 Å². The highest BCUT2D eigenvalue weighted by Crippen LogP contribution is 2.41. The third-order valence-electron chi connectivity index (χ3n) is 5.66. The van der Waals surface area contributed by atoms with E-state index in [1.54, 1.807) is 0 Å². The minimum Gasteiger partial charge on any atom is -0.325 e. The van der Waals surface area contributed by atoms with Crippen molar-refractivity contribution in [2.45, 2.75) is 50.6 Å². The lowest BCUT2D eigenvalue weighted by molar-refractivity contribution is 0.160. The zero-order valence-corrected chi connectivity index (χ0v) is 12.7. The number of rotatable bonds is 1. The van der Waals surface area contributed by atoms with Crippen molar-refractivity contribution in [3.63, 3.8) is 0 Å². The molecule has 4 rings (SSSR count). The predicted molar refractivity (Wildman–Crippen MR) is 85.9 cm³/mol. The summed E-state index contributed by atoms with van der Waals surface area (Å²) in [7, 11) is 2.26. The van der Waals surface area contributed by atoms with Gasteiger partial charge in [-0.1, -0.05) is 12.1 Å². The topological polar surface area (TPSA) is 36.1 Å². The van der Waals surface area contributed by atoms with Gasteiger partial charge in [0.2, 0.25) is 0 Å². The minimum atomic E-state index is 0.0671. The first-order valence-corrected chi connectivity index (χ1v) is 7.98. The van der Waals surface area contributed by atoms with Gasteiger partial charge in [-0.15, -0.1) is 0 Å². The van der Waals surface area contributed by atoms with Gasteiger partial charge in [-0.2, -0.15) is 0 Å². The lowest BCUT2D eigenvalue weighted by Crippen LogP contribution is -2.39. The van der Waals surface area contributed by atoms with Crippen molar-refractivity contribution in [1.29, 1.82) is 0 Å². The van der Waals surface area contributed by atoms with Gasteiger partial charge in [-0.25, -0.2) is 0 Å². The molecule has 3 heteroatoms. The molecule has 2 aliphatic heterocycles. The first-order valence-electron chi connectivity index (χ1n) is 7.98. The number of piperidine rings is 1. The fourth-order valence-electron chi connectivity index (χ4n) is 4.35. The number of fused-ring (bicyclic) bond motifs is 3. The summed E-state index contributed by atoms with van der Waals surface area (Å²) in [6, 6.07) is 9.59. The summed E-state index contributed by atoms with van der Waals surface area (Å²) in [6.45, 7) is 2.09. The van der Waals surface area contributed by atoms with Gasteiger partial charge in [0, 0.05) is 29.1 Å². The summed E-state index contributed by atoms with van der Waals surface area (Å²) in [5.74, 6) is 0.510. The second kappa shape index (κ2) is 4.70. The van der Waals surface area contributed by atoms with Crippen molar-refractivity contribution in [3.05, 3.63) is 45.9 Å². The number of aromatic amines is 1. The van der Waals surface area contributed by atoms with Crippen LogP contribution in [0.5, 0.6) is 0 Å². The van der Waals surface area contributed by atoms with Gasteiger partial charge in [0.15, 0.2) is 0 Å². The van der Waals surface area contributed by atoms with Gasteiger partial charge >= 0.3 is 0 Å². The van der Waals surface area contributed by atoms with Gasteiger partial charge in [0.1, 0.15) is 0 Å². The Kier molecular flexibility index (Phi) is 2.93. The van der Waals surface area contributed by atoms with E-state index in [-0.39, 0.29) is 5.56 Å². The normalized spacial score (nSPS) is 29.1. The lowest BCUT2D eigenvalue weighted by atomic mass is 9.87. The molecular weight excluding hydrogens is 260 g/mol. The Morgan fingerprint density at radius 1 is 1.14 bits per heavy atom. The average molecular weight is 282 g/mol. The summed E-state index contributed by atoms with van der Waals surface area (Å²) in [5, 5.41) is 1.93. The molecule has 0 amide bonds. The van der Waals surface area contributed by atoms with Crippen LogP contribution < -0.4 is 5.56 Å². The largest absolute Gasteiger partial charge is 0.325 e. The molecule has 1 N–H and O–H groups in total. The Hall–Kier alpha value is -1.61. The highest BCUT2D eigenvalue weighted by molar-refractivity contribution is 5.85. The molecule has 2 saturated heterocycles. The number of benzene rings is 1. The number of aromatic nitrogens is 1. The molecule has 21 heavy (non-hydrogen) atoms. The molecule has 2 fully saturated rings. The smallest absolute Gasteiger partial charge is 0.256 e. The number of nitrogens with zero attached hydrogens (tertiary/aromatic N) is 1.